The predicted octanol–water partition coefficient (Wildman–Crippen LogP) is 2.71. The molecule has 0 spiro atoms. The first-order valence-corrected chi connectivity index (χ1v) is 6.78. The Morgan fingerprint density at radius 1 is 1.17 bits per heavy atom. The zero-order valence-electron chi connectivity index (χ0n) is 11.4. The average molecular weight is 243 g/mol. The van der Waals surface area contributed by atoms with Crippen LogP contribution >= 0.6 is 0 Å². The predicted molar refractivity (Wildman–Crippen MR) is 72.3 cm³/mol. The molecular weight excluding hydrogens is 222 g/mol. The summed E-state index contributed by atoms with van der Waals surface area (Å²) in [6, 6.07) is 8.51. The van der Waals surface area contributed by atoms with Gasteiger partial charge in [-0.15, -0.1) is 0 Å². The summed E-state index contributed by atoms with van der Waals surface area (Å²) in [5.41, 5.74) is 2.90. The maximum absolute atomic E-state index is 12.2. The van der Waals surface area contributed by atoms with Crippen molar-refractivity contribution in [2.45, 2.75) is 45.6 Å². The molecule has 1 N–H and O–H groups in total. The molecule has 1 fully saturated rings. The molecule has 3 rings (SSSR count). The van der Waals surface area contributed by atoms with Crippen molar-refractivity contribution in [3.05, 3.63) is 35.4 Å². The van der Waals surface area contributed by atoms with E-state index in [0.717, 1.165) is 19.3 Å². The second kappa shape index (κ2) is 3.59. The van der Waals surface area contributed by atoms with Crippen molar-refractivity contribution in [1.29, 1.82) is 0 Å². The largest absolute Gasteiger partial charge is 0.350 e. The van der Waals surface area contributed by atoms with E-state index >= 15 is 0 Å². The van der Waals surface area contributed by atoms with Gasteiger partial charge in [0.15, 0.2) is 0 Å². The van der Waals surface area contributed by atoms with Crippen molar-refractivity contribution < 1.29 is 4.79 Å². The summed E-state index contributed by atoms with van der Waals surface area (Å²) in [4.78, 5) is 12.2. The SMILES string of the molecule is CC1(NC(=O)[C@H]2CC2(C)C)Cc2ccccc2C1. The Bertz CT molecular complexity index is 479. The van der Waals surface area contributed by atoms with Crippen molar-refractivity contribution in [2.75, 3.05) is 0 Å². The molecule has 2 nitrogen and oxygen atoms in total. The van der Waals surface area contributed by atoms with Gasteiger partial charge in [0, 0.05) is 11.5 Å². The first-order valence-electron chi connectivity index (χ1n) is 6.78. The summed E-state index contributed by atoms with van der Waals surface area (Å²) in [6.45, 7) is 6.51. The highest BCUT2D eigenvalue weighted by Gasteiger charge is 2.51. The molecular formula is C16H21NO. The highest BCUT2D eigenvalue weighted by atomic mass is 16.2. The van der Waals surface area contributed by atoms with E-state index in [1.54, 1.807) is 0 Å². The molecule has 0 heterocycles. The smallest absolute Gasteiger partial charge is 0.224 e. The van der Waals surface area contributed by atoms with Crippen molar-refractivity contribution in [3.8, 4) is 0 Å². The fraction of sp³-hybridized carbons (Fsp3) is 0.562. The van der Waals surface area contributed by atoms with Crippen LogP contribution in [-0.2, 0) is 17.6 Å². The fourth-order valence-corrected chi connectivity index (χ4v) is 3.19. The Morgan fingerprint density at radius 3 is 2.11 bits per heavy atom. The summed E-state index contributed by atoms with van der Waals surface area (Å²) in [7, 11) is 0. The van der Waals surface area contributed by atoms with Gasteiger partial charge in [0.1, 0.15) is 0 Å². The molecule has 1 aromatic rings. The van der Waals surface area contributed by atoms with Crippen molar-refractivity contribution in [2.24, 2.45) is 11.3 Å². The summed E-state index contributed by atoms with van der Waals surface area (Å²) in [5.74, 6) is 0.466. The van der Waals surface area contributed by atoms with Gasteiger partial charge >= 0.3 is 0 Å². The van der Waals surface area contributed by atoms with Gasteiger partial charge in [0.2, 0.25) is 5.91 Å². The van der Waals surface area contributed by atoms with Gasteiger partial charge in [-0.25, -0.2) is 0 Å². The Hall–Kier alpha value is -1.31. The van der Waals surface area contributed by atoms with Crippen LogP contribution in [-0.4, -0.2) is 11.4 Å². The fourth-order valence-electron chi connectivity index (χ4n) is 3.19. The second-order valence-electron chi connectivity index (χ2n) is 6.92. The van der Waals surface area contributed by atoms with E-state index in [1.807, 2.05) is 0 Å². The molecule has 1 atom stereocenters. The lowest BCUT2D eigenvalue weighted by atomic mass is 9.97. The van der Waals surface area contributed by atoms with Gasteiger partial charge in [-0.05, 0) is 42.7 Å². The number of fused-ring (bicyclic) bond motifs is 1. The number of carbonyl (C=O) groups is 1. The first kappa shape index (κ1) is 11.8. The maximum atomic E-state index is 12.2. The zero-order chi connectivity index (χ0) is 13.0. The van der Waals surface area contributed by atoms with E-state index in [9.17, 15) is 4.79 Å². The van der Waals surface area contributed by atoms with Crippen LogP contribution in [0.25, 0.3) is 0 Å². The summed E-state index contributed by atoms with van der Waals surface area (Å²) in [5, 5.41) is 3.28. The average Bonchev–Trinajstić information content (AvgIpc) is 2.79. The van der Waals surface area contributed by atoms with Gasteiger partial charge in [0.25, 0.3) is 0 Å². The van der Waals surface area contributed by atoms with Crippen LogP contribution in [0, 0.1) is 11.3 Å². The van der Waals surface area contributed by atoms with E-state index in [1.165, 1.54) is 11.1 Å². The Labute approximate surface area is 109 Å². The lowest BCUT2D eigenvalue weighted by molar-refractivity contribution is -0.124. The van der Waals surface area contributed by atoms with Crippen LogP contribution in [0.1, 0.15) is 38.3 Å². The highest BCUT2D eigenvalue weighted by Crippen LogP contribution is 2.52. The van der Waals surface area contributed by atoms with Gasteiger partial charge in [-0.1, -0.05) is 38.1 Å². The third-order valence-corrected chi connectivity index (χ3v) is 4.53. The molecule has 1 amide bonds. The quantitative estimate of drug-likeness (QED) is 0.850. The number of nitrogens with one attached hydrogen (secondary N) is 1. The van der Waals surface area contributed by atoms with Crippen LogP contribution in [0.4, 0.5) is 0 Å². The van der Waals surface area contributed by atoms with Crippen LogP contribution in [0.5, 0.6) is 0 Å². The standard InChI is InChI=1S/C16H21NO/c1-15(2)10-13(15)14(18)17-16(3)8-11-6-4-5-7-12(11)9-16/h4-7,13H,8-10H2,1-3H3,(H,17,18)/t13-/m1/s1. The van der Waals surface area contributed by atoms with Gasteiger partial charge in [0.05, 0.1) is 0 Å². The maximum Gasteiger partial charge on any atom is 0.224 e. The van der Waals surface area contributed by atoms with E-state index in [-0.39, 0.29) is 22.8 Å². The number of rotatable bonds is 2. The molecule has 2 aliphatic carbocycles. The Kier molecular flexibility index (Phi) is 2.35. The van der Waals surface area contributed by atoms with Crippen molar-refractivity contribution in [1.82, 2.24) is 5.32 Å². The minimum Gasteiger partial charge on any atom is -0.350 e. The zero-order valence-corrected chi connectivity index (χ0v) is 11.4. The Balaban J connectivity index is 1.70. The molecule has 0 bridgehead atoms. The molecule has 0 radical (unpaired) electrons. The molecule has 0 saturated heterocycles. The number of benzene rings is 1. The molecule has 0 aliphatic heterocycles. The first-order chi connectivity index (χ1) is 8.40. The van der Waals surface area contributed by atoms with E-state index in [4.69, 9.17) is 0 Å². The van der Waals surface area contributed by atoms with Crippen molar-refractivity contribution >= 4 is 5.91 Å². The third-order valence-electron chi connectivity index (χ3n) is 4.53. The number of amides is 1. The molecule has 0 aromatic heterocycles. The molecule has 18 heavy (non-hydrogen) atoms. The summed E-state index contributed by atoms with van der Waals surface area (Å²) in [6.07, 6.45) is 2.95. The third kappa shape index (κ3) is 1.94. The van der Waals surface area contributed by atoms with Crippen LogP contribution in [0.3, 0.4) is 0 Å². The monoisotopic (exact) mass is 243 g/mol. The van der Waals surface area contributed by atoms with E-state index in [2.05, 4.69) is 50.4 Å². The minimum absolute atomic E-state index is 0.0839. The lowest BCUT2D eigenvalue weighted by Gasteiger charge is -2.26. The van der Waals surface area contributed by atoms with Gasteiger partial charge < -0.3 is 5.32 Å². The minimum atomic E-state index is -0.0839. The van der Waals surface area contributed by atoms with Gasteiger partial charge in [-0.2, -0.15) is 0 Å². The lowest BCUT2D eigenvalue weighted by Crippen LogP contribution is -2.47. The number of carbonyl (C=O) groups excluding carboxylic acids is 1. The normalized spacial score (nSPS) is 26.5. The van der Waals surface area contributed by atoms with Gasteiger partial charge in [-0.3, -0.25) is 4.79 Å². The molecule has 96 valence electrons. The molecule has 2 aliphatic rings. The topological polar surface area (TPSA) is 29.1 Å². The van der Waals surface area contributed by atoms with Crippen LogP contribution in [0.2, 0.25) is 0 Å². The van der Waals surface area contributed by atoms with Crippen LogP contribution in [0.15, 0.2) is 24.3 Å². The number of hydrogen-bond donors (Lipinski definition) is 1. The highest BCUT2D eigenvalue weighted by molar-refractivity contribution is 5.83. The molecule has 1 saturated carbocycles. The van der Waals surface area contributed by atoms with E-state index in [0.29, 0.717) is 0 Å². The number of hydrogen-bond acceptors (Lipinski definition) is 1. The summed E-state index contributed by atoms with van der Waals surface area (Å²) < 4.78 is 0. The molecule has 0 unspecified atom stereocenters. The molecule has 1 aromatic carbocycles. The van der Waals surface area contributed by atoms with Crippen molar-refractivity contribution in [3.63, 3.8) is 0 Å². The second-order valence-corrected chi connectivity index (χ2v) is 6.92. The van der Waals surface area contributed by atoms with Crippen LogP contribution < -0.4 is 5.32 Å². The Morgan fingerprint density at radius 2 is 1.67 bits per heavy atom. The summed E-state index contributed by atoms with van der Waals surface area (Å²) >= 11 is 0. The molecule has 2 heteroatoms. The van der Waals surface area contributed by atoms with E-state index < -0.39 is 0 Å².